The molecule has 6 heteroatoms. The van der Waals surface area contributed by atoms with Crippen LogP contribution in [0.25, 0.3) is 0 Å². The van der Waals surface area contributed by atoms with Crippen LogP contribution in [0.5, 0.6) is 5.75 Å². The molecule has 1 amide bonds. The van der Waals surface area contributed by atoms with Crippen molar-refractivity contribution in [3.8, 4) is 5.75 Å². The zero-order valence-electron chi connectivity index (χ0n) is 12.5. The first-order valence-corrected chi connectivity index (χ1v) is 7.70. The van der Waals surface area contributed by atoms with Gasteiger partial charge >= 0.3 is 0 Å². The van der Waals surface area contributed by atoms with Crippen molar-refractivity contribution < 1.29 is 9.53 Å². The van der Waals surface area contributed by atoms with Crippen molar-refractivity contribution in [2.75, 3.05) is 13.7 Å². The Morgan fingerprint density at radius 2 is 2.14 bits per heavy atom. The number of carbonyl (C=O) groups is 1. The number of halogens is 2. The molecule has 1 aliphatic rings. The molecular formula is C15H22BrClN2O2. The molecule has 0 bridgehead atoms. The fraction of sp³-hybridized carbons (Fsp3) is 0.533. The third-order valence-electron chi connectivity index (χ3n) is 3.93. The van der Waals surface area contributed by atoms with Crippen LogP contribution in [0.1, 0.15) is 30.6 Å². The molecule has 2 N–H and O–H groups in total. The predicted octanol–water partition coefficient (Wildman–Crippen LogP) is 3.00. The van der Waals surface area contributed by atoms with Gasteiger partial charge in [0.25, 0.3) is 5.91 Å². The highest BCUT2D eigenvalue weighted by atomic mass is 79.9. The maximum absolute atomic E-state index is 12.4. The molecule has 3 unspecified atom stereocenters. The highest BCUT2D eigenvalue weighted by Crippen LogP contribution is 2.26. The molecule has 1 aromatic rings. The van der Waals surface area contributed by atoms with Gasteiger partial charge in [0, 0.05) is 17.6 Å². The lowest BCUT2D eigenvalue weighted by atomic mass is 9.89. The first kappa shape index (κ1) is 18.3. The highest BCUT2D eigenvalue weighted by molar-refractivity contribution is 9.10. The van der Waals surface area contributed by atoms with Crippen LogP contribution in [0.15, 0.2) is 22.7 Å². The van der Waals surface area contributed by atoms with Crippen molar-refractivity contribution in [1.82, 2.24) is 10.6 Å². The van der Waals surface area contributed by atoms with E-state index < -0.39 is 0 Å². The number of amides is 1. The van der Waals surface area contributed by atoms with Crippen molar-refractivity contribution in [1.29, 1.82) is 0 Å². The molecule has 1 saturated heterocycles. The minimum absolute atomic E-state index is 0. The molecule has 0 aromatic heterocycles. The topological polar surface area (TPSA) is 50.4 Å². The summed E-state index contributed by atoms with van der Waals surface area (Å²) in [4.78, 5) is 12.4. The molecule has 0 radical (unpaired) electrons. The normalized spacial score (nSPS) is 24.9. The van der Waals surface area contributed by atoms with E-state index in [2.05, 4.69) is 40.4 Å². The summed E-state index contributed by atoms with van der Waals surface area (Å²) in [5, 5.41) is 6.54. The van der Waals surface area contributed by atoms with E-state index in [1.165, 1.54) is 0 Å². The number of rotatable bonds is 3. The molecule has 3 atom stereocenters. The van der Waals surface area contributed by atoms with Gasteiger partial charge in [0.1, 0.15) is 5.75 Å². The lowest BCUT2D eigenvalue weighted by molar-refractivity contribution is 0.0897. The molecule has 0 aliphatic carbocycles. The summed E-state index contributed by atoms with van der Waals surface area (Å²) in [7, 11) is 1.61. The second-order valence-corrected chi connectivity index (χ2v) is 6.21. The van der Waals surface area contributed by atoms with Crippen molar-refractivity contribution in [3.05, 3.63) is 28.2 Å². The summed E-state index contributed by atoms with van der Waals surface area (Å²) in [6.07, 6.45) is 1.08. The van der Waals surface area contributed by atoms with E-state index >= 15 is 0 Å². The number of carbonyl (C=O) groups excluding carboxylic acids is 1. The number of methoxy groups -OCH3 is 1. The second-order valence-electron chi connectivity index (χ2n) is 5.36. The van der Waals surface area contributed by atoms with Gasteiger partial charge in [-0.3, -0.25) is 4.79 Å². The first-order valence-electron chi connectivity index (χ1n) is 6.90. The minimum Gasteiger partial charge on any atom is -0.496 e. The molecule has 21 heavy (non-hydrogen) atoms. The Labute approximate surface area is 140 Å². The Balaban J connectivity index is 0.00000220. The summed E-state index contributed by atoms with van der Waals surface area (Å²) < 4.78 is 5.96. The van der Waals surface area contributed by atoms with Crippen molar-refractivity contribution in [2.45, 2.75) is 32.4 Å². The van der Waals surface area contributed by atoms with E-state index in [0.717, 1.165) is 23.2 Å². The van der Waals surface area contributed by atoms with Gasteiger partial charge in [-0.1, -0.05) is 6.92 Å². The third-order valence-corrected chi connectivity index (χ3v) is 4.55. The molecule has 0 saturated carbocycles. The van der Waals surface area contributed by atoms with E-state index in [9.17, 15) is 4.79 Å². The first-order chi connectivity index (χ1) is 9.52. The second kappa shape index (κ2) is 8.01. The molecule has 1 heterocycles. The lowest BCUT2D eigenvalue weighted by Crippen LogP contribution is -2.55. The van der Waals surface area contributed by atoms with Crippen molar-refractivity contribution >= 4 is 34.2 Å². The SMILES string of the molecule is COc1ccc(C(=O)NC2C(C)CCNC2C)cc1Br.Cl. The molecule has 1 aliphatic heterocycles. The molecule has 1 aromatic carbocycles. The minimum atomic E-state index is -0.0410. The van der Waals surface area contributed by atoms with Crippen LogP contribution >= 0.6 is 28.3 Å². The summed E-state index contributed by atoms with van der Waals surface area (Å²) in [5.41, 5.74) is 0.641. The van der Waals surface area contributed by atoms with Crippen LogP contribution in [0.2, 0.25) is 0 Å². The van der Waals surface area contributed by atoms with Crippen molar-refractivity contribution in [3.63, 3.8) is 0 Å². The summed E-state index contributed by atoms with van der Waals surface area (Å²) in [5.74, 6) is 1.17. The average Bonchev–Trinajstić information content (AvgIpc) is 2.42. The fourth-order valence-corrected chi connectivity index (χ4v) is 3.19. The van der Waals surface area contributed by atoms with Crippen molar-refractivity contribution in [2.24, 2.45) is 5.92 Å². The zero-order chi connectivity index (χ0) is 14.7. The quantitative estimate of drug-likeness (QED) is 0.851. The van der Waals surface area contributed by atoms with Gasteiger partial charge < -0.3 is 15.4 Å². The number of ether oxygens (including phenoxy) is 1. The van der Waals surface area contributed by atoms with E-state index in [-0.39, 0.29) is 24.4 Å². The Morgan fingerprint density at radius 1 is 1.43 bits per heavy atom. The van der Waals surface area contributed by atoms with Gasteiger partial charge in [0.05, 0.1) is 11.6 Å². The Hall–Kier alpha value is -0.780. The third kappa shape index (κ3) is 4.34. The molecule has 1 fully saturated rings. The average molecular weight is 378 g/mol. The van der Waals surface area contributed by atoms with Gasteiger partial charge in [0.2, 0.25) is 0 Å². The number of hydrogen-bond acceptors (Lipinski definition) is 3. The van der Waals surface area contributed by atoms with Crippen LogP contribution in [-0.2, 0) is 0 Å². The van der Waals surface area contributed by atoms with Crippen LogP contribution in [0, 0.1) is 5.92 Å². The molecular weight excluding hydrogens is 356 g/mol. The van der Waals surface area contributed by atoms with Gasteiger partial charge in [-0.15, -0.1) is 12.4 Å². The van der Waals surface area contributed by atoms with E-state index in [4.69, 9.17) is 4.74 Å². The molecule has 0 spiro atoms. The monoisotopic (exact) mass is 376 g/mol. The van der Waals surface area contributed by atoms with Crippen LogP contribution in [0.3, 0.4) is 0 Å². The number of nitrogens with one attached hydrogen (secondary N) is 2. The smallest absolute Gasteiger partial charge is 0.251 e. The lowest BCUT2D eigenvalue weighted by Gasteiger charge is -2.36. The maximum Gasteiger partial charge on any atom is 0.251 e. The Morgan fingerprint density at radius 3 is 2.71 bits per heavy atom. The predicted molar refractivity (Wildman–Crippen MR) is 90.4 cm³/mol. The Kier molecular flexibility index (Phi) is 6.97. The number of benzene rings is 1. The number of hydrogen-bond donors (Lipinski definition) is 2. The van der Waals surface area contributed by atoms with E-state index in [1.807, 2.05) is 0 Å². The largest absolute Gasteiger partial charge is 0.496 e. The van der Waals surface area contributed by atoms with Crippen LogP contribution in [-0.4, -0.2) is 31.6 Å². The van der Waals surface area contributed by atoms with Gasteiger partial charge in [-0.25, -0.2) is 0 Å². The van der Waals surface area contributed by atoms with E-state index in [1.54, 1.807) is 25.3 Å². The van der Waals surface area contributed by atoms with Crippen LogP contribution in [0.4, 0.5) is 0 Å². The van der Waals surface area contributed by atoms with Gasteiger partial charge in [0.15, 0.2) is 0 Å². The molecule has 4 nitrogen and oxygen atoms in total. The zero-order valence-corrected chi connectivity index (χ0v) is 14.9. The van der Waals surface area contributed by atoms with Crippen LogP contribution < -0.4 is 15.4 Å². The summed E-state index contributed by atoms with van der Waals surface area (Å²) in [6, 6.07) is 5.83. The summed E-state index contributed by atoms with van der Waals surface area (Å²) in [6.45, 7) is 5.32. The molecule has 2 rings (SSSR count). The standard InChI is InChI=1S/C15H21BrN2O2.ClH/c1-9-6-7-17-10(2)14(9)18-15(19)11-4-5-13(20-3)12(16)8-11;/h4-5,8-10,14,17H,6-7H2,1-3H3,(H,18,19);1H. The molecule has 118 valence electrons. The van der Waals surface area contributed by atoms with E-state index in [0.29, 0.717) is 17.5 Å². The van der Waals surface area contributed by atoms with Gasteiger partial charge in [-0.05, 0) is 59.9 Å². The maximum atomic E-state index is 12.4. The highest BCUT2D eigenvalue weighted by Gasteiger charge is 2.28. The Bertz CT molecular complexity index is 489. The summed E-state index contributed by atoms with van der Waals surface area (Å²) >= 11 is 3.41. The fourth-order valence-electron chi connectivity index (χ4n) is 2.65. The van der Waals surface area contributed by atoms with Gasteiger partial charge in [-0.2, -0.15) is 0 Å². The number of piperidine rings is 1.